The average Bonchev–Trinajstić information content (AvgIpc) is 1.80. The van der Waals surface area contributed by atoms with Gasteiger partial charge in [0.25, 0.3) is 0 Å². The van der Waals surface area contributed by atoms with Gasteiger partial charge in [0.15, 0.2) is 0 Å². The molecule has 0 spiro atoms. The summed E-state index contributed by atoms with van der Waals surface area (Å²) in [6.45, 7) is 5.52. The number of rotatable bonds is 1. The smallest absolute Gasteiger partial charge is 0.346 e. The molecule has 0 aromatic carbocycles. The molecule has 0 aliphatic carbocycles. The molecule has 3 heteroatoms. The zero-order valence-electron chi connectivity index (χ0n) is 6.88. The van der Waals surface area contributed by atoms with Gasteiger partial charge in [-0.05, 0) is 5.41 Å². The molecule has 0 radical (unpaired) electrons. The Bertz CT molecular complexity index is 227. The first-order chi connectivity index (χ1) is 4.87. The molecule has 0 bridgehead atoms. The molecule has 0 aliphatic rings. The van der Waals surface area contributed by atoms with Crippen LogP contribution in [0.3, 0.4) is 0 Å². The number of carbonyl (C=O) groups is 1. The van der Waals surface area contributed by atoms with E-state index in [1.54, 1.807) is 6.07 Å². The highest BCUT2D eigenvalue weighted by molar-refractivity contribution is 5.91. The zero-order valence-corrected chi connectivity index (χ0v) is 6.88. The molecule has 0 amide bonds. The lowest BCUT2D eigenvalue weighted by Gasteiger charge is -2.10. The van der Waals surface area contributed by atoms with Crippen molar-refractivity contribution in [3.8, 4) is 6.07 Å². The normalized spacial score (nSPS) is 12.4. The predicted octanol–water partition coefficient (Wildman–Crippen LogP) is 1.57. The lowest BCUT2D eigenvalue weighted by molar-refractivity contribution is -0.132. The van der Waals surface area contributed by atoms with Crippen LogP contribution in [0.25, 0.3) is 0 Å². The largest absolute Gasteiger partial charge is 0.477 e. The number of nitriles is 1. The Labute approximate surface area is 66.0 Å². The minimum Gasteiger partial charge on any atom is -0.477 e. The number of allylic oxidation sites excluding steroid dienone is 1. The molecule has 60 valence electrons. The first-order valence-electron chi connectivity index (χ1n) is 3.23. The molecule has 0 aliphatic heterocycles. The van der Waals surface area contributed by atoms with E-state index in [4.69, 9.17) is 10.4 Å². The monoisotopic (exact) mass is 153 g/mol. The molecular formula is C8H11NO2. The minimum absolute atomic E-state index is 0.197. The van der Waals surface area contributed by atoms with Gasteiger partial charge in [-0.15, -0.1) is 0 Å². The van der Waals surface area contributed by atoms with Crippen LogP contribution < -0.4 is 0 Å². The van der Waals surface area contributed by atoms with Gasteiger partial charge < -0.3 is 5.11 Å². The van der Waals surface area contributed by atoms with Crippen LogP contribution in [0.15, 0.2) is 11.6 Å². The van der Waals surface area contributed by atoms with Crippen molar-refractivity contribution in [1.29, 1.82) is 5.26 Å². The number of aliphatic carboxylic acids is 1. The first-order valence-corrected chi connectivity index (χ1v) is 3.23. The summed E-state index contributed by atoms with van der Waals surface area (Å²) in [6.07, 6.45) is 1.44. The number of hydrogen-bond acceptors (Lipinski definition) is 2. The summed E-state index contributed by atoms with van der Waals surface area (Å²) in [4.78, 5) is 10.3. The van der Waals surface area contributed by atoms with Gasteiger partial charge in [0, 0.05) is 0 Å². The van der Waals surface area contributed by atoms with Crippen LogP contribution in [0.4, 0.5) is 0 Å². The van der Waals surface area contributed by atoms with E-state index in [1.165, 1.54) is 6.08 Å². The van der Waals surface area contributed by atoms with E-state index in [0.29, 0.717) is 0 Å². The summed E-state index contributed by atoms with van der Waals surface area (Å²) in [5.41, 5.74) is -0.457. The lowest BCUT2D eigenvalue weighted by Crippen LogP contribution is -2.06. The maximum Gasteiger partial charge on any atom is 0.346 e. The molecule has 0 unspecified atom stereocenters. The van der Waals surface area contributed by atoms with Gasteiger partial charge in [-0.2, -0.15) is 5.26 Å². The second-order valence-electron chi connectivity index (χ2n) is 3.34. The number of hydrogen-bond donors (Lipinski definition) is 1. The number of nitrogens with zero attached hydrogens (tertiary/aromatic N) is 1. The van der Waals surface area contributed by atoms with Gasteiger partial charge in [-0.25, -0.2) is 4.79 Å². The van der Waals surface area contributed by atoms with Crippen LogP contribution in [-0.4, -0.2) is 11.1 Å². The van der Waals surface area contributed by atoms with Crippen molar-refractivity contribution in [1.82, 2.24) is 0 Å². The minimum atomic E-state index is -1.16. The van der Waals surface area contributed by atoms with Gasteiger partial charge in [0.05, 0.1) is 0 Å². The van der Waals surface area contributed by atoms with E-state index in [1.807, 2.05) is 20.8 Å². The van der Waals surface area contributed by atoms with Crippen molar-refractivity contribution in [3.63, 3.8) is 0 Å². The van der Waals surface area contributed by atoms with Crippen molar-refractivity contribution >= 4 is 5.97 Å². The number of carboxylic acids is 1. The molecule has 0 rings (SSSR count). The standard InChI is InChI=1S/C8H11NO2/c1-8(2,3)4-6(5-9)7(10)11/h4H,1-3H3,(H,10,11)/b6-4-. The van der Waals surface area contributed by atoms with E-state index in [-0.39, 0.29) is 11.0 Å². The third kappa shape index (κ3) is 4.15. The van der Waals surface area contributed by atoms with E-state index >= 15 is 0 Å². The Balaban J connectivity index is 4.68. The van der Waals surface area contributed by atoms with Crippen LogP contribution in [0.1, 0.15) is 20.8 Å². The molecule has 0 saturated carbocycles. The van der Waals surface area contributed by atoms with Crippen molar-refractivity contribution in [2.24, 2.45) is 5.41 Å². The maximum absolute atomic E-state index is 10.3. The van der Waals surface area contributed by atoms with Gasteiger partial charge in [0.1, 0.15) is 11.6 Å². The lowest BCUT2D eigenvalue weighted by atomic mass is 9.94. The van der Waals surface area contributed by atoms with Gasteiger partial charge in [-0.1, -0.05) is 26.8 Å². The van der Waals surface area contributed by atoms with Crippen molar-refractivity contribution in [2.45, 2.75) is 20.8 Å². The van der Waals surface area contributed by atoms with Crippen LogP contribution in [0.2, 0.25) is 0 Å². The van der Waals surface area contributed by atoms with E-state index in [0.717, 1.165) is 0 Å². The molecule has 0 fully saturated rings. The van der Waals surface area contributed by atoms with Gasteiger partial charge >= 0.3 is 5.97 Å². The summed E-state index contributed by atoms with van der Waals surface area (Å²) in [6, 6.07) is 1.62. The highest BCUT2D eigenvalue weighted by Crippen LogP contribution is 2.17. The topological polar surface area (TPSA) is 61.1 Å². The third-order valence-corrected chi connectivity index (χ3v) is 0.928. The Kier molecular flexibility index (Phi) is 2.82. The second-order valence-corrected chi connectivity index (χ2v) is 3.34. The zero-order chi connectivity index (χ0) is 9.07. The highest BCUT2D eigenvalue weighted by Gasteiger charge is 2.12. The Morgan fingerprint density at radius 1 is 1.55 bits per heavy atom. The molecule has 0 heterocycles. The summed E-state index contributed by atoms with van der Waals surface area (Å²) < 4.78 is 0. The van der Waals surface area contributed by atoms with E-state index < -0.39 is 5.97 Å². The Morgan fingerprint density at radius 3 is 2.09 bits per heavy atom. The third-order valence-electron chi connectivity index (χ3n) is 0.928. The fraction of sp³-hybridized carbons (Fsp3) is 0.500. The summed E-state index contributed by atoms with van der Waals surface area (Å²) in [5, 5.41) is 16.8. The maximum atomic E-state index is 10.3. The predicted molar refractivity (Wildman–Crippen MR) is 40.8 cm³/mol. The summed E-state index contributed by atoms with van der Waals surface area (Å²) in [5.74, 6) is -1.16. The molecular weight excluding hydrogens is 142 g/mol. The first kappa shape index (κ1) is 9.70. The van der Waals surface area contributed by atoms with Crippen LogP contribution in [0.5, 0.6) is 0 Å². The molecule has 0 atom stereocenters. The molecule has 0 saturated heterocycles. The Morgan fingerprint density at radius 2 is 2.00 bits per heavy atom. The quantitative estimate of drug-likeness (QED) is 0.459. The van der Waals surface area contributed by atoms with E-state index in [2.05, 4.69) is 0 Å². The molecule has 0 aromatic heterocycles. The van der Waals surface area contributed by atoms with Crippen LogP contribution in [-0.2, 0) is 4.79 Å². The van der Waals surface area contributed by atoms with Gasteiger partial charge in [0.2, 0.25) is 0 Å². The second kappa shape index (κ2) is 3.20. The fourth-order valence-electron chi connectivity index (χ4n) is 0.575. The molecule has 0 aromatic rings. The molecule has 11 heavy (non-hydrogen) atoms. The molecule has 1 N–H and O–H groups in total. The summed E-state index contributed by atoms with van der Waals surface area (Å²) >= 11 is 0. The fourth-order valence-corrected chi connectivity index (χ4v) is 0.575. The van der Waals surface area contributed by atoms with E-state index in [9.17, 15) is 4.79 Å². The number of carboxylic acid groups (broad SMARTS) is 1. The molecule has 3 nitrogen and oxygen atoms in total. The van der Waals surface area contributed by atoms with Crippen molar-refractivity contribution in [2.75, 3.05) is 0 Å². The van der Waals surface area contributed by atoms with Crippen LogP contribution in [0, 0.1) is 16.7 Å². The Hall–Kier alpha value is -1.30. The van der Waals surface area contributed by atoms with Crippen molar-refractivity contribution in [3.05, 3.63) is 11.6 Å². The highest BCUT2D eigenvalue weighted by atomic mass is 16.4. The average molecular weight is 153 g/mol. The SMILES string of the molecule is CC(C)(C)/C=C(/C#N)C(=O)O. The summed E-state index contributed by atoms with van der Waals surface area (Å²) in [7, 11) is 0. The van der Waals surface area contributed by atoms with Crippen LogP contribution >= 0.6 is 0 Å². The van der Waals surface area contributed by atoms with Gasteiger partial charge in [-0.3, -0.25) is 0 Å². The van der Waals surface area contributed by atoms with Crippen molar-refractivity contribution < 1.29 is 9.90 Å².